The van der Waals surface area contributed by atoms with E-state index in [1.165, 1.54) is 13.0 Å². The van der Waals surface area contributed by atoms with E-state index < -0.39 is 0 Å². The van der Waals surface area contributed by atoms with E-state index in [0.29, 0.717) is 11.4 Å². The van der Waals surface area contributed by atoms with Crippen molar-refractivity contribution in [2.24, 2.45) is 0 Å². The number of nitrogens with zero attached hydrogens (tertiary/aromatic N) is 4. The zero-order chi connectivity index (χ0) is 22.4. The fraction of sp³-hybridized carbons (Fsp3) is 0.0833. The molecule has 0 unspecified atom stereocenters. The predicted molar refractivity (Wildman–Crippen MR) is 129 cm³/mol. The standard InChI is InChI=1S/C24H18BrN5O2/c1-14-20(25)11-18(12-22(14)28-15(2)31)30-23(32)7-4-16-13-26-21-6-5-17(10-19(21)24(16)30)29-9-3-8-27-29/h3-13H,1-2H3,(H,28,31). The lowest BCUT2D eigenvalue weighted by atomic mass is 10.1. The Morgan fingerprint density at radius 3 is 2.69 bits per heavy atom. The van der Waals surface area contributed by atoms with E-state index in [1.54, 1.807) is 27.7 Å². The van der Waals surface area contributed by atoms with Gasteiger partial charge in [0.25, 0.3) is 5.56 Å². The van der Waals surface area contributed by atoms with Gasteiger partial charge in [0.1, 0.15) is 0 Å². The third-order valence-electron chi connectivity index (χ3n) is 5.37. The second-order valence-corrected chi connectivity index (χ2v) is 8.36. The van der Waals surface area contributed by atoms with Crippen LogP contribution in [0.4, 0.5) is 5.69 Å². The third kappa shape index (κ3) is 3.38. The number of hydrogen-bond donors (Lipinski definition) is 1. The van der Waals surface area contributed by atoms with Crippen LogP contribution in [0, 0.1) is 6.92 Å². The summed E-state index contributed by atoms with van der Waals surface area (Å²) < 4.78 is 4.21. The normalized spacial score (nSPS) is 11.2. The average Bonchev–Trinajstić information content (AvgIpc) is 3.31. The summed E-state index contributed by atoms with van der Waals surface area (Å²) in [5, 5.41) is 8.81. The minimum Gasteiger partial charge on any atom is -0.326 e. The molecule has 2 aromatic carbocycles. The minimum absolute atomic E-state index is 0.180. The Kier molecular flexibility index (Phi) is 4.86. The van der Waals surface area contributed by atoms with Crippen molar-refractivity contribution in [3.05, 3.63) is 87.5 Å². The van der Waals surface area contributed by atoms with Crippen molar-refractivity contribution < 1.29 is 4.79 Å². The molecular formula is C24H18BrN5O2. The van der Waals surface area contributed by atoms with Gasteiger partial charge in [-0.2, -0.15) is 5.10 Å². The van der Waals surface area contributed by atoms with Gasteiger partial charge in [0.05, 0.1) is 22.4 Å². The van der Waals surface area contributed by atoms with Gasteiger partial charge in [0.15, 0.2) is 0 Å². The minimum atomic E-state index is -0.181. The van der Waals surface area contributed by atoms with Crippen molar-refractivity contribution in [3.8, 4) is 11.4 Å². The Labute approximate surface area is 191 Å². The van der Waals surface area contributed by atoms with Crippen LogP contribution in [0.15, 0.2) is 76.4 Å². The monoisotopic (exact) mass is 487 g/mol. The summed E-state index contributed by atoms with van der Waals surface area (Å²) in [4.78, 5) is 29.4. The van der Waals surface area contributed by atoms with E-state index in [2.05, 4.69) is 31.3 Å². The molecule has 0 atom stereocenters. The smallest absolute Gasteiger partial charge is 0.255 e. The molecule has 0 fully saturated rings. The van der Waals surface area contributed by atoms with Crippen LogP contribution in [-0.4, -0.2) is 25.2 Å². The molecule has 32 heavy (non-hydrogen) atoms. The van der Waals surface area contributed by atoms with Gasteiger partial charge < -0.3 is 5.32 Å². The molecule has 0 aliphatic rings. The second kappa shape index (κ2) is 7.72. The molecule has 1 N–H and O–H groups in total. The van der Waals surface area contributed by atoms with Gasteiger partial charge in [0.2, 0.25) is 5.91 Å². The van der Waals surface area contributed by atoms with E-state index in [4.69, 9.17) is 0 Å². The van der Waals surface area contributed by atoms with Crippen LogP contribution in [0.2, 0.25) is 0 Å². The maximum Gasteiger partial charge on any atom is 0.255 e. The summed E-state index contributed by atoms with van der Waals surface area (Å²) in [5.41, 5.74) is 4.34. The number of halogens is 1. The molecule has 3 heterocycles. The van der Waals surface area contributed by atoms with Crippen LogP contribution in [0.1, 0.15) is 12.5 Å². The van der Waals surface area contributed by atoms with E-state index in [9.17, 15) is 9.59 Å². The van der Waals surface area contributed by atoms with Crippen LogP contribution in [-0.2, 0) is 4.79 Å². The SMILES string of the molecule is CC(=O)Nc1cc(-n2c(=O)ccc3cnc4ccc(-n5cccn5)cc4c32)cc(Br)c1C. The number of carbonyl (C=O) groups excluding carboxylic acids is 1. The van der Waals surface area contributed by atoms with Gasteiger partial charge in [-0.3, -0.25) is 19.1 Å². The number of benzene rings is 2. The van der Waals surface area contributed by atoms with Crippen molar-refractivity contribution >= 4 is 49.3 Å². The summed E-state index contributed by atoms with van der Waals surface area (Å²) in [6, 6.07) is 14.7. The highest BCUT2D eigenvalue weighted by atomic mass is 79.9. The zero-order valence-electron chi connectivity index (χ0n) is 17.3. The molecule has 0 saturated carbocycles. The molecule has 0 aliphatic carbocycles. The van der Waals surface area contributed by atoms with Crippen LogP contribution < -0.4 is 10.9 Å². The Hall–Kier alpha value is -3.78. The second-order valence-electron chi connectivity index (χ2n) is 7.50. The molecule has 0 bridgehead atoms. The van der Waals surface area contributed by atoms with Gasteiger partial charge >= 0.3 is 0 Å². The quantitative estimate of drug-likeness (QED) is 0.372. The first-order chi connectivity index (χ1) is 15.4. The molecule has 3 aromatic heterocycles. The molecule has 1 amide bonds. The molecule has 5 aromatic rings. The number of anilines is 1. The lowest BCUT2D eigenvalue weighted by molar-refractivity contribution is -0.114. The summed E-state index contributed by atoms with van der Waals surface area (Å²) in [6.07, 6.45) is 5.34. The fourth-order valence-electron chi connectivity index (χ4n) is 3.83. The Bertz CT molecular complexity index is 1570. The molecule has 7 nitrogen and oxygen atoms in total. The number of hydrogen-bond acceptors (Lipinski definition) is 4. The van der Waals surface area contributed by atoms with Crippen molar-refractivity contribution in [1.29, 1.82) is 0 Å². The predicted octanol–water partition coefficient (Wildman–Crippen LogP) is 4.75. The summed E-state index contributed by atoms with van der Waals surface area (Å²) in [6.45, 7) is 3.36. The number of nitrogens with one attached hydrogen (secondary N) is 1. The van der Waals surface area contributed by atoms with Crippen molar-refractivity contribution in [2.45, 2.75) is 13.8 Å². The Balaban J connectivity index is 1.86. The third-order valence-corrected chi connectivity index (χ3v) is 6.19. The lowest BCUT2D eigenvalue weighted by Crippen LogP contribution is -2.18. The van der Waals surface area contributed by atoms with Gasteiger partial charge in [-0.25, -0.2) is 4.68 Å². The summed E-state index contributed by atoms with van der Waals surface area (Å²) >= 11 is 3.57. The van der Waals surface area contributed by atoms with E-state index >= 15 is 0 Å². The maximum absolute atomic E-state index is 13.1. The topological polar surface area (TPSA) is 81.8 Å². The van der Waals surface area contributed by atoms with Gasteiger partial charge in [-0.15, -0.1) is 0 Å². The molecule has 0 saturated heterocycles. The molecule has 0 aliphatic heterocycles. The van der Waals surface area contributed by atoms with Crippen molar-refractivity contribution in [2.75, 3.05) is 5.32 Å². The highest BCUT2D eigenvalue weighted by Gasteiger charge is 2.14. The maximum atomic E-state index is 13.1. The van der Waals surface area contributed by atoms with Gasteiger partial charge in [-0.05, 0) is 55.0 Å². The highest BCUT2D eigenvalue weighted by Crippen LogP contribution is 2.31. The van der Waals surface area contributed by atoms with E-state index in [1.807, 2.05) is 49.5 Å². The van der Waals surface area contributed by atoms with Crippen molar-refractivity contribution in [1.82, 2.24) is 19.3 Å². The molecular weight excluding hydrogens is 470 g/mol. The molecule has 0 radical (unpaired) electrons. The van der Waals surface area contributed by atoms with E-state index in [-0.39, 0.29) is 11.5 Å². The number of amides is 1. The number of pyridine rings is 2. The summed E-state index contributed by atoms with van der Waals surface area (Å²) in [7, 11) is 0. The lowest BCUT2D eigenvalue weighted by Gasteiger charge is -2.16. The Morgan fingerprint density at radius 2 is 1.94 bits per heavy atom. The highest BCUT2D eigenvalue weighted by molar-refractivity contribution is 9.10. The summed E-state index contributed by atoms with van der Waals surface area (Å²) in [5.74, 6) is -0.180. The van der Waals surface area contributed by atoms with Gasteiger partial charge in [-0.1, -0.05) is 15.9 Å². The van der Waals surface area contributed by atoms with Crippen LogP contribution in [0.3, 0.4) is 0 Å². The van der Waals surface area contributed by atoms with Crippen LogP contribution in [0.25, 0.3) is 33.2 Å². The number of aromatic nitrogens is 4. The van der Waals surface area contributed by atoms with E-state index in [0.717, 1.165) is 37.5 Å². The number of fused-ring (bicyclic) bond motifs is 3. The number of carbonyl (C=O) groups is 1. The first kappa shape index (κ1) is 20.1. The van der Waals surface area contributed by atoms with Crippen molar-refractivity contribution in [3.63, 3.8) is 0 Å². The molecule has 158 valence electrons. The molecule has 8 heteroatoms. The molecule has 0 spiro atoms. The first-order valence-electron chi connectivity index (χ1n) is 9.95. The molecule has 5 rings (SSSR count). The average molecular weight is 488 g/mol. The largest absolute Gasteiger partial charge is 0.326 e. The zero-order valence-corrected chi connectivity index (χ0v) is 18.9. The fourth-order valence-corrected chi connectivity index (χ4v) is 4.28. The number of rotatable bonds is 3. The Morgan fingerprint density at radius 1 is 1.09 bits per heavy atom. The van der Waals surface area contributed by atoms with Crippen LogP contribution >= 0.6 is 15.9 Å². The first-order valence-corrected chi connectivity index (χ1v) is 10.7. The van der Waals surface area contributed by atoms with Crippen LogP contribution in [0.5, 0.6) is 0 Å². The van der Waals surface area contributed by atoms with Gasteiger partial charge in [0, 0.05) is 52.5 Å².